The van der Waals surface area contributed by atoms with Crippen LogP contribution in [0.1, 0.15) is 68.9 Å². The molecule has 0 radical (unpaired) electrons. The van der Waals surface area contributed by atoms with E-state index in [1.54, 1.807) is 18.0 Å². The Bertz CT molecular complexity index is 1230. The predicted molar refractivity (Wildman–Crippen MR) is 130 cm³/mol. The lowest BCUT2D eigenvalue weighted by atomic mass is 9.86. The van der Waals surface area contributed by atoms with Crippen LogP contribution in [0.4, 0.5) is 0 Å². The van der Waals surface area contributed by atoms with E-state index >= 15 is 0 Å². The molecule has 4 aromatic rings. The largest absolute Gasteiger partial charge is 0.493 e. The van der Waals surface area contributed by atoms with Crippen LogP contribution in [0.2, 0.25) is 0 Å². The van der Waals surface area contributed by atoms with Crippen LogP contribution in [-0.2, 0) is 0 Å². The molecule has 8 heteroatoms. The molecule has 7 nitrogen and oxygen atoms in total. The zero-order chi connectivity index (χ0) is 22.4. The summed E-state index contributed by atoms with van der Waals surface area (Å²) in [4.78, 5) is 16.9. The second kappa shape index (κ2) is 8.48. The fraction of sp³-hybridized carbons (Fsp3) is 0.542. The van der Waals surface area contributed by atoms with Crippen LogP contribution in [0.3, 0.4) is 0 Å². The van der Waals surface area contributed by atoms with Crippen molar-refractivity contribution in [3.63, 3.8) is 0 Å². The topological polar surface area (TPSA) is 71.3 Å². The van der Waals surface area contributed by atoms with Crippen LogP contribution in [0.5, 0.6) is 5.75 Å². The lowest BCUT2D eigenvalue weighted by Gasteiger charge is -2.33. The molecule has 0 atom stereocenters. The third-order valence-corrected chi connectivity index (χ3v) is 8.14. The summed E-state index contributed by atoms with van der Waals surface area (Å²) in [6, 6.07) is 2.76. The van der Waals surface area contributed by atoms with Gasteiger partial charge in [-0.2, -0.15) is 5.10 Å². The highest BCUT2D eigenvalue weighted by atomic mass is 32.1. The number of thiazole rings is 1. The molecule has 1 N–H and O–H groups in total. The van der Waals surface area contributed by atoms with Crippen molar-refractivity contribution in [1.82, 2.24) is 29.5 Å². The van der Waals surface area contributed by atoms with Gasteiger partial charge in [0.15, 0.2) is 11.4 Å². The maximum atomic E-state index is 5.58. The maximum Gasteiger partial charge on any atom is 0.197 e. The van der Waals surface area contributed by atoms with Gasteiger partial charge < -0.3 is 14.6 Å². The number of pyridine rings is 1. The van der Waals surface area contributed by atoms with Crippen LogP contribution in [0.25, 0.3) is 27.3 Å². The molecule has 0 bridgehead atoms. The predicted octanol–water partition coefficient (Wildman–Crippen LogP) is 5.44. The standard InChI is InChI=1S/C24H32N6OS/c1-6-29(4)17-9-7-15(8-10-17)23-28-21-19(14(2)3)20(27-24(21)32-23)16-11-18(31-5)22-25-13-26-30(22)12-16/h11-15,17,27H,6-10H2,1-5H3. The second-order valence-electron chi connectivity index (χ2n) is 9.20. The molecule has 0 spiro atoms. The number of aromatic amines is 1. The van der Waals surface area contributed by atoms with Crippen molar-refractivity contribution >= 4 is 27.3 Å². The molecule has 0 aromatic carbocycles. The molecule has 5 rings (SSSR count). The number of H-pyrrole nitrogens is 1. The average Bonchev–Trinajstić information content (AvgIpc) is 3.51. The van der Waals surface area contributed by atoms with Gasteiger partial charge in [0.25, 0.3) is 0 Å². The van der Waals surface area contributed by atoms with Crippen molar-refractivity contribution in [3.8, 4) is 17.0 Å². The molecule has 0 aliphatic heterocycles. The molecule has 1 aliphatic carbocycles. The van der Waals surface area contributed by atoms with E-state index in [1.165, 1.54) is 41.1 Å². The van der Waals surface area contributed by atoms with Gasteiger partial charge in [0.2, 0.25) is 0 Å². The maximum absolute atomic E-state index is 5.58. The Morgan fingerprint density at radius 1 is 1.28 bits per heavy atom. The average molecular weight is 453 g/mol. The van der Waals surface area contributed by atoms with Crippen LogP contribution in [0.15, 0.2) is 18.6 Å². The number of hydrogen-bond acceptors (Lipinski definition) is 6. The summed E-state index contributed by atoms with van der Waals surface area (Å²) < 4.78 is 7.36. The first-order chi connectivity index (χ1) is 15.5. The first kappa shape index (κ1) is 21.4. The summed E-state index contributed by atoms with van der Waals surface area (Å²) in [5.74, 6) is 1.65. The summed E-state index contributed by atoms with van der Waals surface area (Å²) in [5.41, 5.74) is 5.26. The lowest BCUT2D eigenvalue weighted by Crippen LogP contribution is -2.34. The first-order valence-corrected chi connectivity index (χ1v) is 12.4. The van der Waals surface area contributed by atoms with Crippen LogP contribution in [-0.4, -0.2) is 56.2 Å². The minimum Gasteiger partial charge on any atom is -0.493 e. The molecule has 1 saturated carbocycles. The molecule has 1 aliphatic rings. The molecular weight excluding hydrogens is 420 g/mol. The smallest absolute Gasteiger partial charge is 0.197 e. The summed E-state index contributed by atoms with van der Waals surface area (Å²) in [7, 11) is 3.92. The number of nitrogens with zero attached hydrogens (tertiary/aromatic N) is 5. The summed E-state index contributed by atoms with van der Waals surface area (Å²) in [6.45, 7) is 7.85. The van der Waals surface area contributed by atoms with Crippen LogP contribution < -0.4 is 4.74 Å². The van der Waals surface area contributed by atoms with Gasteiger partial charge in [-0.3, -0.25) is 0 Å². The van der Waals surface area contributed by atoms with Gasteiger partial charge in [-0.05, 0) is 51.3 Å². The monoisotopic (exact) mass is 452 g/mol. The molecule has 4 heterocycles. The summed E-state index contributed by atoms with van der Waals surface area (Å²) in [6.07, 6.45) is 8.56. The molecule has 0 unspecified atom stereocenters. The Balaban J connectivity index is 1.50. The summed E-state index contributed by atoms with van der Waals surface area (Å²) in [5, 5.41) is 5.62. The highest BCUT2D eigenvalue weighted by molar-refractivity contribution is 7.18. The van der Waals surface area contributed by atoms with Crippen molar-refractivity contribution in [2.24, 2.45) is 0 Å². The van der Waals surface area contributed by atoms with Gasteiger partial charge in [0, 0.05) is 29.3 Å². The number of aromatic nitrogens is 5. The van der Waals surface area contributed by atoms with Crippen molar-refractivity contribution in [3.05, 3.63) is 29.2 Å². The third kappa shape index (κ3) is 3.59. The zero-order valence-corrected chi connectivity index (χ0v) is 20.4. The van der Waals surface area contributed by atoms with E-state index < -0.39 is 0 Å². The highest BCUT2D eigenvalue weighted by Gasteiger charge is 2.28. The first-order valence-electron chi connectivity index (χ1n) is 11.6. The van der Waals surface area contributed by atoms with Gasteiger partial charge >= 0.3 is 0 Å². The Morgan fingerprint density at radius 3 is 2.75 bits per heavy atom. The van der Waals surface area contributed by atoms with Gasteiger partial charge in [-0.1, -0.05) is 20.8 Å². The van der Waals surface area contributed by atoms with Crippen molar-refractivity contribution in [2.45, 2.75) is 64.3 Å². The van der Waals surface area contributed by atoms with E-state index in [2.05, 4.69) is 47.8 Å². The minimum absolute atomic E-state index is 0.347. The number of ether oxygens (including phenoxy) is 1. The molecule has 0 saturated heterocycles. The number of methoxy groups -OCH3 is 1. The highest BCUT2D eigenvalue weighted by Crippen LogP contribution is 2.42. The van der Waals surface area contributed by atoms with E-state index in [1.807, 2.05) is 23.6 Å². The van der Waals surface area contributed by atoms with Gasteiger partial charge in [-0.15, -0.1) is 11.3 Å². The Morgan fingerprint density at radius 2 is 2.06 bits per heavy atom. The zero-order valence-electron chi connectivity index (χ0n) is 19.6. The van der Waals surface area contributed by atoms with Crippen LogP contribution in [0, 0.1) is 0 Å². The van der Waals surface area contributed by atoms with Gasteiger partial charge in [-0.25, -0.2) is 14.5 Å². The normalized spacial score (nSPS) is 19.6. The molecular formula is C24H32N6OS. The Labute approximate surface area is 192 Å². The molecule has 4 aromatic heterocycles. The number of rotatable bonds is 6. The van der Waals surface area contributed by atoms with E-state index in [0.29, 0.717) is 11.8 Å². The summed E-state index contributed by atoms with van der Waals surface area (Å²) >= 11 is 1.84. The lowest BCUT2D eigenvalue weighted by molar-refractivity contribution is 0.190. The van der Waals surface area contributed by atoms with Crippen molar-refractivity contribution in [2.75, 3.05) is 20.7 Å². The Kier molecular flexibility index (Phi) is 5.67. The second-order valence-corrected chi connectivity index (χ2v) is 10.2. The molecule has 32 heavy (non-hydrogen) atoms. The minimum atomic E-state index is 0.347. The SMILES string of the molecule is CCN(C)C1CCC(c2nc3c(C(C)C)c(-c4cc(OC)c5ncnn5c4)[nH]c3s2)CC1. The number of nitrogens with one attached hydrogen (secondary N) is 1. The quantitative estimate of drug-likeness (QED) is 0.421. The van der Waals surface area contributed by atoms with Crippen molar-refractivity contribution < 1.29 is 4.74 Å². The fourth-order valence-corrected chi connectivity index (χ4v) is 6.23. The molecule has 170 valence electrons. The fourth-order valence-electron chi connectivity index (χ4n) is 5.07. The number of hydrogen-bond donors (Lipinski definition) is 1. The molecule has 1 fully saturated rings. The van der Waals surface area contributed by atoms with E-state index in [0.717, 1.165) is 40.8 Å². The number of fused-ring (bicyclic) bond motifs is 2. The third-order valence-electron chi connectivity index (χ3n) is 7.00. The van der Waals surface area contributed by atoms with Gasteiger partial charge in [0.05, 0.1) is 17.8 Å². The molecule has 0 amide bonds. The van der Waals surface area contributed by atoms with Gasteiger partial charge in [0.1, 0.15) is 16.7 Å². The van der Waals surface area contributed by atoms with Crippen LogP contribution >= 0.6 is 11.3 Å². The van der Waals surface area contributed by atoms with E-state index in [4.69, 9.17) is 9.72 Å². The van der Waals surface area contributed by atoms with E-state index in [-0.39, 0.29) is 0 Å². The Hall–Kier alpha value is -2.45. The van der Waals surface area contributed by atoms with Crippen molar-refractivity contribution in [1.29, 1.82) is 0 Å². The van der Waals surface area contributed by atoms with E-state index in [9.17, 15) is 0 Å².